The molecule has 0 aliphatic heterocycles. The quantitative estimate of drug-likeness (QED) is 0.221. The van der Waals surface area contributed by atoms with Gasteiger partial charge in [-0.1, -0.05) is 35.3 Å². The lowest BCUT2D eigenvalue weighted by Gasteiger charge is -2.18. The summed E-state index contributed by atoms with van der Waals surface area (Å²) in [5.41, 5.74) is 0.547. The molecule has 1 atom stereocenters. The molecule has 3 rings (SSSR count). The number of carbonyl (C=O) groups excluding carboxylic acids is 1. The summed E-state index contributed by atoms with van der Waals surface area (Å²) in [6.45, 7) is 0.00671. The van der Waals surface area contributed by atoms with Gasteiger partial charge in [-0.15, -0.1) is 0 Å². The van der Waals surface area contributed by atoms with Crippen LogP contribution in [-0.2, 0) is 15.9 Å². The van der Waals surface area contributed by atoms with Gasteiger partial charge in [-0.25, -0.2) is 9.78 Å². The van der Waals surface area contributed by atoms with Crippen molar-refractivity contribution >= 4 is 48.4 Å². The van der Waals surface area contributed by atoms with Crippen molar-refractivity contribution in [3.8, 4) is 11.3 Å². The molecule has 0 aliphatic rings. The Balaban J connectivity index is 1.73. The number of nitrogens with one attached hydrogen (secondary N) is 2. The number of para-hydroxylation sites is 1. The number of hydrogen-bond donors (Lipinski definition) is 5. The van der Waals surface area contributed by atoms with Gasteiger partial charge in [-0.3, -0.25) is 14.7 Å². The molecule has 0 aliphatic carbocycles. The summed E-state index contributed by atoms with van der Waals surface area (Å²) in [7, 11) is -4.25. The molecule has 1 heterocycles. The number of carbonyl (C=O) groups is 2. The summed E-state index contributed by atoms with van der Waals surface area (Å²) >= 11 is 12.2. The number of hydrogen-bond acceptors (Lipinski definition) is 6. The van der Waals surface area contributed by atoms with Crippen molar-refractivity contribution in [3.63, 3.8) is 0 Å². The van der Waals surface area contributed by atoms with Crippen LogP contribution in [0.15, 0.2) is 53.1 Å². The number of nitrogens with zero attached hydrogens (tertiary/aromatic N) is 1. The SMILES string of the molecule is O=C(O)c1ccccc1NC(=O)C(CCCP(=O)(O)O)NCc1ncc(-c2cc(Cl)ccc2Cl)o1. The number of carboxylic acid groups (broad SMARTS) is 1. The molecule has 2 aromatic carbocycles. The van der Waals surface area contributed by atoms with Gasteiger partial charge < -0.3 is 24.6 Å². The number of rotatable bonds is 11. The first-order valence-corrected chi connectivity index (χ1v) is 12.9. The molecule has 0 bridgehead atoms. The Bertz CT molecular complexity index is 1260. The Labute approximate surface area is 210 Å². The van der Waals surface area contributed by atoms with Crippen LogP contribution in [0.1, 0.15) is 29.1 Å². The molecule has 35 heavy (non-hydrogen) atoms. The number of carboxylic acids is 1. The second-order valence-electron chi connectivity index (χ2n) is 7.55. The number of oxazole rings is 1. The Morgan fingerprint density at radius 3 is 2.60 bits per heavy atom. The normalized spacial score (nSPS) is 12.3. The maximum Gasteiger partial charge on any atom is 0.337 e. The van der Waals surface area contributed by atoms with Gasteiger partial charge in [0.15, 0.2) is 5.76 Å². The molecule has 0 radical (unpaired) electrons. The highest BCUT2D eigenvalue weighted by Crippen LogP contribution is 2.35. The summed E-state index contributed by atoms with van der Waals surface area (Å²) in [5.74, 6) is -1.19. The van der Waals surface area contributed by atoms with Gasteiger partial charge in [0.25, 0.3) is 0 Å². The summed E-state index contributed by atoms with van der Waals surface area (Å²) in [6, 6.07) is 9.86. The fourth-order valence-corrected chi connectivity index (χ4v) is 4.22. The van der Waals surface area contributed by atoms with Gasteiger partial charge in [0, 0.05) is 16.7 Å². The number of amides is 1. The minimum absolute atomic E-state index is 0.00671. The number of anilines is 1. The molecule has 0 fully saturated rings. The second-order valence-corrected chi connectivity index (χ2v) is 10.2. The number of aromatic nitrogens is 1. The predicted molar refractivity (Wildman–Crippen MR) is 131 cm³/mol. The van der Waals surface area contributed by atoms with E-state index in [0.29, 0.717) is 21.4 Å². The van der Waals surface area contributed by atoms with Crippen molar-refractivity contribution in [1.82, 2.24) is 10.3 Å². The molecule has 1 unspecified atom stereocenters. The minimum atomic E-state index is -4.25. The zero-order valence-electron chi connectivity index (χ0n) is 18.1. The van der Waals surface area contributed by atoms with Crippen molar-refractivity contribution in [2.24, 2.45) is 0 Å². The van der Waals surface area contributed by atoms with E-state index in [1.807, 2.05) is 0 Å². The Morgan fingerprint density at radius 1 is 1.14 bits per heavy atom. The summed E-state index contributed by atoms with van der Waals surface area (Å²) in [5, 5.41) is 15.7. The van der Waals surface area contributed by atoms with Crippen LogP contribution in [0.2, 0.25) is 10.0 Å². The van der Waals surface area contributed by atoms with Gasteiger partial charge in [-0.2, -0.15) is 0 Å². The van der Waals surface area contributed by atoms with Crippen LogP contribution < -0.4 is 10.6 Å². The largest absolute Gasteiger partial charge is 0.478 e. The molecular formula is C22H22Cl2N3O7P. The van der Waals surface area contributed by atoms with E-state index in [4.69, 9.17) is 37.4 Å². The maximum absolute atomic E-state index is 12.9. The summed E-state index contributed by atoms with van der Waals surface area (Å²) in [6.07, 6.45) is 1.17. The fraction of sp³-hybridized carbons (Fsp3) is 0.227. The van der Waals surface area contributed by atoms with Crippen LogP contribution in [0.5, 0.6) is 0 Å². The summed E-state index contributed by atoms with van der Waals surface area (Å²) < 4.78 is 16.9. The third-order valence-electron chi connectivity index (χ3n) is 4.92. The minimum Gasteiger partial charge on any atom is -0.478 e. The first-order valence-electron chi connectivity index (χ1n) is 10.3. The average molecular weight is 542 g/mol. The maximum atomic E-state index is 12.9. The van der Waals surface area contributed by atoms with E-state index in [-0.39, 0.29) is 36.5 Å². The molecule has 0 saturated carbocycles. The van der Waals surface area contributed by atoms with Gasteiger partial charge in [0.2, 0.25) is 11.8 Å². The highest BCUT2D eigenvalue weighted by molar-refractivity contribution is 7.51. The number of aromatic carboxylic acids is 1. The molecular weight excluding hydrogens is 520 g/mol. The first kappa shape index (κ1) is 26.9. The zero-order valence-corrected chi connectivity index (χ0v) is 20.6. The van der Waals surface area contributed by atoms with Crippen molar-refractivity contribution in [1.29, 1.82) is 0 Å². The monoisotopic (exact) mass is 541 g/mol. The molecule has 13 heteroatoms. The predicted octanol–water partition coefficient (Wildman–Crippen LogP) is 4.40. The van der Waals surface area contributed by atoms with Crippen molar-refractivity contribution < 1.29 is 33.5 Å². The Kier molecular flexibility index (Phi) is 9.07. The molecule has 10 nitrogen and oxygen atoms in total. The average Bonchev–Trinajstić information content (AvgIpc) is 3.26. The van der Waals surface area contributed by atoms with E-state index >= 15 is 0 Å². The molecule has 0 spiro atoms. The van der Waals surface area contributed by atoms with Crippen LogP contribution >= 0.6 is 30.8 Å². The van der Waals surface area contributed by atoms with Gasteiger partial charge in [-0.05, 0) is 43.2 Å². The molecule has 5 N–H and O–H groups in total. The van der Waals surface area contributed by atoms with Crippen LogP contribution in [0, 0.1) is 0 Å². The van der Waals surface area contributed by atoms with Crippen molar-refractivity contribution in [2.45, 2.75) is 25.4 Å². The molecule has 0 saturated heterocycles. The second kappa shape index (κ2) is 11.8. The molecule has 1 amide bonds. The van der Waals surface area contributed by atoms with Crippen LogP contribution in [-0.4, -0.2) is 44.0 Å². The number of benzene rings is 2. The summed E-state index contributed by atoms with van der Waals surface area (Å²) in [4.78, 5) is 46.8. The van der Waals surface area contributed by atoms with Crippen LogP contribution in [0.4, 0.5) is 5.69 Å². The topological polar surface area (TPSA) is 162 Å². The van der Waals surface area contributed by atoms with E-state index in [0.717, 1.165) is 0 Å². The van der Waals surface area contributed by atoms with Crippen molar-refractivity contribution in [3.05, 3.63) is 70.2 Å². The van der Waals surface area contributed by atoms with Crippen LogP contribution in [0.25, 0.3) is 11.3 Å². The Hall–Kier alpha value is -2.72. The van der Waals surface area contributed by atoms with E-state index in [9.17, 15) is 19.3 Å². The van der Waals surface area contributed by atoms with Gasteiger partial charge in [0.05, 0.1) is 35.1 Å². The Morgan fingerprint density at radius 2 is 1.89 bits per heavy atom. The highest BCUT2D eigenvalue weighted by atomic mass is 35.5. The lowest BCUT2D eigenvalue weighted by atomic mass is 10.1. The van der Waals surface area contributed by atoms with E-state index in [1.54, 1.807) is 24.3 Å². The molecule has 186 valence electrons. The molecule has 3 aromatic rings. The van der Waals surface area contributed by atoms with E-state index in [1.165, 1.54) is 24.4 Å². The van der Waals surface area contributed by atoms with Gasteiger partial charge in [0.1, 0.15) is 0 Å². The highest BCUT2D eigenvalue weighted by Gasteiger charge is 2.23. The lowest BCUT2D eigenvalue weighted by Crippen LogP contribution is -2.40. The third kappa shape index (κ3) is 7.90. The van der Waals surface area contributed by atoms with E-state index < -0.39 is 31.7 Å². The fourth-order valence-electron chi connectivity index (χ4n) is 3.24. The third-order valence-corrected chi connectivity index (χ3v) is 6.38. The standard InChI is InChI=1S/C22H22Cl2N3O7P/c23-13-7-8-16(24)15(10-13)19-11-26-20(34-19)12-25-18(6-3-9-35(31,32)33)21(28)27-17-5-2-1-4-14(17)22(29)30/h1-2,4-5,7-8,10-11,18,25H,3,6,9,12H2,(H,27,28)(H,29,30)(H2,31,32,33). The van der Waals surface area contributed by atoms with Crippen LogP contribution in [0.3, 0.4) is 0 Å². The van der Waals surface area contributed by atoms with Gasteiger partial charge >= 0.3 is 13.6 Å². The first-order chi connectivity index (χ1) is 16.5. The van der Waals surface area contributed by atoms with Crippen molar-refractivity contribution in [2.75, 3.05) is 11.5 Å². The lowest BCUT2D eigenvalue weighted by molar-refractivity contribution is -0.118. The number of halogens is 2. The smallest absolute Gasteiger partial charge is 0.337 e. The van der Waals surface area contributed by atoms with E-state index in [2.05, 4.69) is 15.6 Å². The zero-order chi connectivity index (χ0) is 25.6. The molecule has 1 aromatic heterocycles.